The molecule has 0 aliphatic rings. The van der Waals surface area contributed by atoms with E-state index in [0.717, 1.165) is 6.42 Å². The summed E-state index contributed by atoms with van der Waals surface area (Å²) in [6.07, 6.45) is 0.257. The summed E-state index contributed by atoms with van der Waals surface area (Å²) in [6.45, 7) is 1.88. The molecule has 66 valence electrons. The molecule has 4 nitrogen and oxygen atoms in total. The number of hydrogen-bond acceptors (Lipinski definition) is 4. The van der Waals surface area contributed by atoms with E-state index in [0.29, 0.717) is 6.42 Å². The maximum absolute atomic E-state index is 10.3. The van der Waals surface area contributed by atoms with Gasteiger partial charge in [-0.1, -0.05) is 13.3 Å². The highest BCUT2D eigenvalue weighted by Crippen LogP contribution is 2.10. The Kier molecular flexibility index (Phi) is 4.93. The monoisotopic (exact) mass is 168 g/mol. The van der Waals surface area contributed by atoms with E-state index >= 15 is 0 Å². The van der Waals surface area contributed by atoms with Crippen LogP contribution in [0.4, 0.5) is 0 Å². The molecular formula is C8H12N2O2. The van der Waals surface area contributed by atoms with Gasteiger partial charge in [0.05, 0.1) is 17.3 Å². The van der Waals surface area contributed by atoms with Gasteiger partial charge in [0.15, 0.2) is 0 Å². The zero-order chi connectivity index (χ0) is 9.56. The lowest BCUT2D eigenvalue weighted by atomic mass is 10.0. The molecule has 0 aliphatic carbocycles. The predicted molar refractivity (Wildman–Crippen MR) is 45.5 cm³/mol. The number of nitrogens with two attached hydrogens (primary N) is 2. The van der Waals surface area contributed by atoms with E-state index in [-0.39, 0.29) is 11.1 Å². The molecule has 12 heavy (non-hydrogen) atoms. The minimum absolute atomic E-state index is 0.0202. The van der Waals surface area contributed by atoms with E-state index in [1.54, 1.807) is 11.9 Å². The van der Waals surface area contributed by atoms with Crippen LogP contribution in [0.3, 0.4) is 0 Å². The third-order valence-corrected chi connectivity index (χ3v) is 1.39. The van der Waals surface area contributed by atoms with Crippen molar-refractivity contribution in [2.45, 2.75) is 25.9 Å². The van der Waals surface area contributed by atoms with Crippen molar-refractivity contribution in [1.82, 2.24) is 0 Å². The van der Waals surface area contributed by atoms with Crippen LogP contribution in [0.15, 0.2) is 11.1 Å². The molecular weight excluding hydrogens is 156 g/mol. The van der Waals surface area contributed by atoms with Crippen molar-refractivity contribution in [2.24, 2.45) is 11.5 Å². The molecule has 0 spiro atoms. The largest absolute Gasteiger partial charge is 0.312 e. The van der Waals surface area contributed by atoms with Gasteiger partial charge in [-0.25, -0.2) is 9.59 Å². The highest BCUT2D eigenvalue weighted by molar-refractivity contribution is 5.72. The van der Waals surface area contributed by atoms with Crippen LogP contribution in [0.5, 0.6) is 0 Å². The Bertz CT molecular complexity index is 246. The first-order valence-electron chi connectivity index (χ1n) is 3.67. The molecule has 0 fully saturated rings. The summed E-state index contributed by atoms with van der Waals surface area (Å²) >= 11 is 0. The molecule has 0 aliphatic heterocycles. The molecule has 0 saturated carbocycles. The van der Waals surface area contributed by atoms with Crippen molar-refractivity contribution in [3.63, 3.8) is 0 Å². The zero-order valence-electron chi connectivity index (χ0n) is 6.96. The number of hydrogen-bond donors (Lipinski definition) is 2. The molecule has 0 aromatic heterocycles. The van der Waals surface area contributed by atoms with Crippen molar-refractivity contribution < 1.29 is 9.59 Å². The normalized spacial score (nSPS) is 9.00. The van der Waals surface area contributed by atoms with Crippen LogP contribution in [-0.4, -0.2) is 18.0 Å². The van der Waals surface area contributed by atoms with Gasteiger partial charge >= 0.3 is 0 Å². The molecule has 0 heterocycles. The Morgan fingerprint density at radius 2 is 1.92 bits per heavy atom. The van der Waals surface area contributed by atoms with Gasteiger partial charge in [0, 0.05) is 0 Å². The number of rotatable bonds is 4. The van der Waals surface area contributed by atoms with Gasteiger partial charge < -0.3 is 11.5 Å². The van der Waals surface area contributed by atoms with Crippen LogP contribution in [-0.2, 0) is 9.59 Å². The van der Waals surface area contributed by atoms with Gasteiger partial charge in [-0.15, -0.1) is 0 Å². The summed E-state index contributed by atoms with van der Waals surface area (Å²) in [5.41, 5.74) is 10.7. The van der Waals surface area contributed by atoms with Crippen LogP contribution >= 0.6 is 0 Å². The Balaban J connectivity index is 4.73. The summed E-state index contributed by atoms with van der Waals surface area (Å²) in [7, 11) is 0. The van der Waals surface area contributed by atoms with Crippen LogP contribution in [0.1, 0.15) is 19.8 Å². The minimum Gasteiger partial charge on any atom is -0.312 e. The summed E-state index contributed by atoms with van der Waals surface area (Å²) < 4.78 is 0. The first kappa shape index (κ1) is 10.8. The Labute approximate surface area is 70.9 Å². The van der Waals surface area contributed by atoms with Gasteiger partial charge in [-0.05, 0) is 6.42 Å². The average molecular weight is 168 g/mol. The lowest BCUT2D eigenvalue weighted by Gasteiger charge is -2.06. The van der Waals surface area contributed by atoms with Crippen molar-refractivity contribution >= 4 is 11.9 Å². The van der Waals surface area contributed by atoms with Gasteiger partial charge in [0.1, 0.15) is 11.9 Å². The van der Waals surface area contributed by atoms with Crippen LogP contribution in [0, 0.1) is 0 Å². The van der Waals surface area contributed by atoms with Crippen molar-refractivity contribution in [3.05, 3.63) is 11.1 Å². The molecule has 0 unspecified atom stereocenters. The van der Waals surface area contributed by atoms with Crippen LogP contribution < -0.4 is 11.5 Å². The molecule has 0 atom stereocenters. The third-order valence-electron chi connectivity index (χ3n) is 1.39. The maximum Gasteiger partial charge on any atom is 0.132 e. The smallest absolute Gasteiger partial charge is 0.132 e. The lowest BCUT2D eigenvalue weighted by molar-refractivity contribution is 0.560. The fourth-order valence-electron chi connectivity index (χ4n) is 0.822. The standard InChI is InChI=1S/C8H12N2O2/c1-2-3-6(4-11)7(5-12)8(9)10/h8H,2-3,9-10H2,1H3. The fraction of sp³-hybridized carbons (Fsp3) is 0.500. The molecule has 0 radical (unpaired) electrons. The average Bonchev–Trinajstić information content (AvgIpc) is 2.03. The summed E-state index contributed by atoms with van der Waals surface area (Å²) in [4.78, 5) is 20.6. The Hall–Kier alpha value is -1.18. The summed E-state index contributed by atoms with van der Waals surface area (Å²) in [5.74, 6) is 3.20. The molecule has 0 amide bonds. The highest BCUT2D eigenvalue weighted by atomic mass is 16.1. The second-order valence-electron chi connectivity index (χ2n) is 2.37. The molecule has 0 aromatic carbocycles. The predicted octanol–water partition coefficient (Wildman–Crippen LogP) is -0.454. The van der Waals surface area contributed by atoms with Crippen LogP contribution in [0.2, 0.25) is 0 Å². The fourth-order valence-corrected chi connectivity index (χ4v) is 0.822. The van der Waals surface area contributed by atoms with E-state index < -0.39 is 6.17 Å². The minimum atomic E-state index is -0.939. The molecule has 0 aromatic rings. The Morgan fingerprint density at radius 3 is 2.17 bits per heavy atom. The van der Waals surface area contributed by atoms with Gasteiger partial charge in [0.2, 0.25) is 0 Å². The molecule has 0 rings (SSSR count). The summed E-state index contributed by atoms with van der Waals surface area (Å²) in [6, 6.07) is 0. The van der Waals surface area contributed by atoms with E-state index in [1.807, 2.05) is 6.92 Å². The van der Waals surface area contributed by atoms with E-state index in [2.05, 4.69) is 0 Å². The van der Waals surface area contributed by atoms with Gasteiger partial charge in [-0.2, -0.15) is 0 Å². The molecule has 4 N–H and O–H groups in total. The van der Waals surface area contributed by atoms with E-state index in [1.165, 1.54) is 0 Å². The van der Waals surface area contributed by atoms with Gasteiger partial charge in [-0.3, -0.25) is 0 Å². The second-order valence-corrected chi connectivity index (χ2v) is 2.37. The SMILES string of the molecule is CCCC(=C=O)C(=C=O)C(N)N. The topological polar surface area (TPSA) is 86.2 Å². The zero-order valence-corrected chi connectivity index (χ0v) is 6.96. The van der Waals surface area contributed by atoms with Crippen molar-refractivity contribution in [1.29, 1.82) is 0 Å². The van der Waals surface area contributed by atoms with Crippen LogP contribution in [0.25, 0.3) is 0 Å². The van der Waals surface area contributed by atoms with Gasteiger partial charge in [0.25, 0.3) is 0 Å². The maximum atomic E-state index is 10.3. The van der Waals surface area contributed by atoms with E-state index in [4.69, 9.17) is 11.5 Å². The van der Waals surface area contributed by atoms with Crippen molar-refractivity contribution in [2.75, 3.05) is 0 Å². The Morgan fingerprint density at radius 1 is 1.33 bits per heavy atom. The quantitative estimate of drug-likeness (QED) is 0.338. The molecule has 0 saturated heterocycles. The number of carbonyl (C=O) groups excluding carboxylic acids is 2. The first-order chi connectivity index (χ1) is 5.67. The summed E-state index contributed by atoms with van der Waals surface area (Å²) in [5, 5.41) is 0. The second kappa shape index (κ2) is 5.47. The molecule has 0 bridgehead atoms. The third kappa shape index (κ3) is 2.82. The van der Waals surface area contributed by atoms with Crippen molar-refractivity contribution in [3.8, 4) is 0 Å². The molecule has 4 heteroatoms. The highest BCUT2D eigenvalue weighted by Gasteiger charge is 2.11. The van der Waals surface area contributed by atoms with E-state index in [9.17, 15) is 9.59 Å². The lowest BCUT2D eigenvalue weighted by Crippen LogP contribution is -2.33. The first-order valence-corrected chi connectivity index (χ1v) is 3.67.